The average Bonchev–Trinajstić information content (AvgIpc) is 2.22. The molecule has 0 aromatic carbocycles. The minimum absolute atomic E-state index is 0.488. The molecule has 0 saturated carbocycles. The summed E-state index contributed by atoms with van der Waals surface area (Å²) in [6.45, 7) is 7.80. The van der Waals surface area contributed by atoms with Gasteiger partial charge in [0.05, 0.1) is 0 Å². The molecular weight excluding hydrogens is 296 g/mol. The van der Waals surface area contributed by atoms with E-state index in [4.69, 9.17) is 18.9 Å². The molecule has 0 bridgehead atoms. The van der Waals surface area contributed by atoms with Crippen molar-refractivity contribution in [2.24, 2.45) is 0 Å². The van der Waals surface area contributed by atoms with Gasteiger partial charge < -0.3 is 18.9 Å². The summed E-state index contributed by atoms with van der Waals surface area (Å²) in [5, 5.41) is 0. The van der Waals surface area contributed by atoms with Crippen molar-refractivity contribution in [1.29, 1.82) is 0 Å². The minimum atomic E-state index is -1.43. The van der Waals surface area contributed by atoms with Crippen molar-refractivity contribution in [3.05, 3.63) is 0 Å². The van der Waals surface area contributed by atoms with E-state index in [9.17, 15) is 19.2 Å². The van der Waals surface area contributed by atoms with Crippen molar-refractivity contribution in [1.82, 2.24) is 0 Å². The third-order valence-electron chi connectivity index (χ3n) is 2.42. The van der Waals surface area contributed by atoms with E-state index in [1.54, 1.807) is 20.8 Å². The fourth-order valence-corrected chi connectivity index (χ4v) is 1.62. The van der Waals surface area contributed by atoms with Crippen molar-refractivity contribution < 1.29 is 38.1 Å². The molecule has 0 atom stereocenters. The van der Waals surface area contributed by atoms with Gasteiger partial charge in [-0.3, -0.25) is 19.2 Å². The molecule has 1 rings (SSSR count). The predicted molar refractivity (Wildman–Crippen MR) is 71.2 cm³/mol. The molecule has 1 aliphatic heterocycles. The standard InChI is InChI=1S/C14H20O8/c1-13(2,3)21-10(17)7-11(18)22-14(4,5)12-19-8(15)6-9(16)20-12/h12H,6-7H2,1-5H3. The second-order valence-corrected chi connectivity index (χ2v) is 6.33. The van der Waals surface area contributed by atoms with Crippen LogP contribution in [-0.4, -0.2) is 41.4 Å². The van der Waals surface area contributed by atoms with Crippen molar-refractivity contribution in [3.63, 3.8) is 0 Å². The number of carbonyl (C=O) groups is 4. The van der Waals surface area contributed by atoms with E-state index < -0.39 is 54.2 Å². The van der Waals surface area contributed by atoms with Gasteiger partial charge in [-0.15, -0.1) is 0 Å². The smallest absolute Gasteiger partial charge is 0.320 e. The van der Waals surface area contributed by atoms with E-state index in [-0.39, 0.29) is 0 Å². The number of hydrogen-bond donors (Lipinski definition) is 0. The van der Waals surface area contributed by atoms with E-state index in [0.29, 0.717) is 0 Å². The highest BCUT2D eigenvalue weighted by Gasteiger charge is 2.43. The van der Waals surface area contributed by atoms with Gasteiger partial charge in [-0.05, 0) is 34.6 Å². The van der Waals surface area contributed by atoms with Crippen molar-refractivity contribution >= 4 is 23.9 Å². The third-order valence-corrected chi connectivity index (χ3v) is 2.42. The lowest BCUT2D eigenvalue weighted by Crippen LogP contribution is -2.49. The van der Waals surface area contributed by atoms with Gasteiger partial charge in [0.25, 0.3) is 6.29 Å². The summed E-state index contributed by atoms with van der Waals surface area (Å²) in [6, 6.07) is 0. The Hall–Kier alpha value is -2.12. The molecule has 8 heteroatoms. The molecule has 1 fully saturated rings. The van der Waals surface area contributed by atoms with E-state index in [2.05, 4.69) is 0 Å². The predicted octanol–water partition coefficient (Wildman–Crippen LogP) is 0.856. The van der Waals surface area contributed by atoms with Gasteiger partial charge in [-0.25, -0.2) is 0 Å². The third kappa shape index (κ3) is 5.71. The zero-order valence-electron chi connectivity index (χ0n) is 13.3. The lowest BCUT2D eigenvalue weighted by molar-refractivity contribution is -0.245. The van der Waals surface area contributed by atoms with E-state index in [1.807, 2.05) is 0 Å². The van der Waals surface area contributed by atoms with Crippen molar-refractivity contribution in [2.45, 2.75) is 65.0 Å². The van der Waals surface area contributed by atoms with Crippen LogP contribution in [0.15, 0.2) is 0 Å². The number of esters is 4. The Labute approximate surface area is 128 Å². The van der Waals surface area contributed by atoms with Crippen molar-refractivity contribution in [2.75, 3.05) is 0 Å². The molecule has 0 unspecified atom stereocenters. The van der Waals surface area contributed by atoms with Gasteiger partial charge in [0.2, 0.25) is 0 Å². The highest BCUT2D eigenvalue weighted by atomic mass is 16.7. The summed E-state index contributed by atoms with van der Waals surface area (Å²) in [6.07, 6.45) is -2.45. The second kappa shape index (κ2) is 6.33. The van der Waals surface area contributed by atoms with Gasteiger partial charge >= 0.3 is 23.9 Å². The zero-order valence-corrected chi connectivity index (χ0v) is 13.3. The van der Waals surface area contributed by atoms with Crippen LogP contribution < -0.4 is 0 Å². The van der Waals surface area contributed by atoms with Crippen LogP contribution in [0.25, 0.3) is 0 Å². The number of cyclic esters (lactones) is 2. The van der Waals surface area contributed by atoms with Crippen LogP contribution in [0.2, 0.25) is 0 Å². The van der Waals surface area contributed by atoms with Crippen LogP contribution in [0.1, 0.15) is 47.5 Å². The van der Waals surface area contributed by atoms with Crippen LogP contribution in [0.4, 0.5) is 0 Å². The second-order valence-electron chi connectivity index (χ2n) is 6.33. The molecule has 1 saturated heterocycles. The zero-order chi connectivity index (χ0) is 17.1. The molecular formula is C14H20O8. The van der Waals surface area contributed by atoms with E-state index in [1.165, 1.54) is 13.8 Å². The summed E-state index contributed by atoms with van der Waals surface area (Å²) in [5.41, 5.74) is -2.15. The van der Waals surface area contributed by atoms with Gasteiger partial charge in [0, 0.05) is 0 Å². The summed E-state index contributed by atoms with van der Waals surface area (Å²) in [4.78, 5) is 45.7. The lowest BCUT2D eigenvalue weighted by Gasteiger charge is -2.34. The minimum Gasteiger partial charge on any atom is -0.460 e. The molecule has 0 N–H and O–H groups in total. The van der Waals surface area contributed by atoms with Crippen LogP contribution in [0, 0.1) is 0 Å². The maximum atomic E-state index is 11.8. The maximum absolute atomic E-state index is 11.8. The fraction of sp³-hybridized carbons (Fsp3) is 0.714. The van der Waals surface area contributed by atoms with E-state index >= 15 is 0 Å². The topological polar surface area (TPSA) is 105 Å². The molecule has 0 aliphatic carbocycles. The first kappa shape index (κ1) is 17.9. The average molecular weight is 316 g/mol. The molecule has 0 amide bonds. The number of hydrogen-bond acceptors (Lipinski definition) is 8. The molecule has 8 nitrogen and oxygen atoms in total. The number of rotatable bonds is 4. The maximum Gasteiger partial charge on any atom is 0.320 e. The molecule has 0 spiro atoms. The Balaban J connectivity index is 2.60. The largest absolute Gasteiger partial charge is 0.460 e. The highest BCUT2D eigenvalue weighted by Crippen LogP contribution is 2.24. The quantitative estimate of drug-likeness (QED) is 0.427. The van der Waals surface area contributed by atoms with Gasteiger partial charge in [-0.1, -0.05) is 0 Å². The Kier molecular flexibility index (Phi) is 5.16. The SMILES string of the molecule is CC(C)(C)OC(=O)CC(=O)OC(C)(C)C1OC(=O)CC(=O)O1. The Morgan fingerprint density at radius 2 is 1.45 bits per heavy atom. The summed E-state index contributed by atoms with van der Waals surface area (Å²) in [5.74, 6) is -3.15. The number of carbonyl (C=O) groups excluding carboxylic acids is 4. The first-order valence-corrected chi connectivity index (χ1v) is 6.72. The monoisotopic (exact) mass is 316 g/mol. The van der Waals surface area contributed by atoms with Crippen LogP contribution in [0.5, 0.6) is 0 Å². The summed E-state index contributed by atoms with van der Waals surface area (Å²) < 4.78 is 19.7. The Morgan fingerprint density at radius 3 is 1.91 bits per heavy atom. The first-order valence-electron chi connectivity index (χ1n) is 6.72. The molecule has 124 valence electrons. The molecule has 22 heavy (non-hydrogen) atoms. The van der Waals surface area contributed by atoms with Gasteiger partial charge in [-0.2, -0.15) is 0 Å². The number of ether oxygens (including phenoxy) is 4. The van der Waals surface area contributed by atoms with Crippen LogP contribution in [0.3, 0.4) is 0 Å². The van der Waals surface area contributed by atoms with Gasteiger partial charge in [0.15, 0.2) is 5.60 Å². The summed E-state index contributed by atoms with van der Waals surface area (Å²) >= 11 is 0. The van der Waals surface area contributed by atoms with Crippen LogP contribution in [-0.2, 0) is 38.1 Å². The Morgan fingerprint density at radius 1 is 1.00 bits per heavy atom. The first-order chi connectivity index (χ1) is 9.89. The molecule has 1 heterocycles. The lowest BCUT2D eigenvalue weighted by atomic mass is 10.1. The molecule has 0 aromatic rings. The van der Waals surface area contributed by atoms with E-state index in [0.717, 1.165) is 0 Å². The van der Waals surface area contributed by atoms with Gasteiger partial charge in [0.1, 0.15) is 18.4 Å². The van der Waals surface area contributed by atoms with Crippen molar-refractivity contribution in [3.8, 4) is 0 Å². The fourth-order valence-electron chi connectivity index (χ4n) is 1.62. The molecule has 0 radical (unpaired) electrons. The van der Waals surface area contributed by atoms with Crippen LogP contribution >= 0.6 is 0 Å². The molecule has 0 aromatic heterocycles. The Bertz CT molecular complexity index is 470. The highest BCUT2D eigenvalue weighted by molar-refractivity contribution is 5.93. The summed E-state index contributed by atoms with van der Waals surface area (Å²) in [7, 11) is 0. The molecule has 1 aliphatic rings. The normalized spacial score (nSPS) is 16.6.